The number of benzene rings is 2. The third-order valence-corrected chi connectivity index (χ3v) is 4.36. The molecule has 0 saturated carbocycles. The summed E-state index contributed by atoms with van der Waals surface area (Å²) in [4.78, 5) is 12.4. The molecular formula is C21H24O3. The highest BCUT2D eigenvalue weighted by Crippen LogP contribution is 2.42. The summed E-state index contributed by atoms with van der Waals surface area (Å²) >= 11 is 0. The second kappa shape index (κ2) is 8.22. The van der Waals surface area contributed by atoms with Crippen molar-refractivity contribution in [3.05, 3.63) is 71.8 Å². The van der Waals surface area contributed by atoms with Gasteiger partial charge in [-0.05, 0) is 17.5 Å². The Hall–Kier alpha value is -1.97. The van der Waals surface area contributed by atoms with E-state index in [9.17, 15) is 4.79 Å². The predicted molar refractivity (Wildman–Crippen MR) is 93.5 cm³/mol. The van der Waals surface area contributed by atoms with Crippen LogP contribution in [-0.2, 0) is 14.3 Å². The number of carbonyl (C=O) groups is 1. The van der Waals surface area contributed by atoms with E-state index in [0.29, 0.717) is 6.42 Å². The van der Waals surface area contributed by atoms with Gasteiger partial charge in [0, 0.05) is 6.42 Å². The van der Waals surface area contributed by atoms with Crippen molar-refractivity contribution in [2.24, 2.45) is 0 Å². The summed E-state index contributed by atoms with van der Waals surface area (Å²) in [7, 11) is 0. The van der Waals surface area contributed by atoms with E-state index in [4.69, 9.17) is 9.47 Å². The highest BCUT2D eigenvalue weighted by atomic mass is 16.7. The van der Waals surface area contributed by atoms with Gasteiger partial charge in [0.05, 0.1) is 0 Å². The standard InChI is InChI=1S/C21H24O3/c1-2-3-6-15-18(22)21-23-19(16-11-7-4-8-12-16)20(24-21)17-13-9-5-10-14-17/h4-5,7-14,19-21H,2-3,6,15H2,1H3/t19-,20-/m1/s1. The number of hydrogen-bond donors (Lipinski definition) is 0. The lowest BCUT2D eigenvalue weighted by Gasteiger charge is -2.17. The van der Waals surface area contributed by atoms with E-state index in [-0.39, 0.29) is 18.0 Å². The molecule has 0 unspecified atom stereocenters. The third kappa shape index (κ3) is 3.92. The van der Waals surface area contributed by atoms with E-state index in [1.54, 1.807) is 0 Å². The maximum atomic E-state index is 12.4. The molecule has 3 nitrogen and oxygen atoms in total. The molecule has 0 aromatic heterocycles. The van der Waals surface area contributed by atoms with Gasteiger partial charge in [-0.1, -0.05) is 80.4 Å². The first-order valence-corrected chi connectivity index (χ1v) is 8.73. The van der Waals surface area contributed by atoms with Crippen LogP contribution in [0.5, 0.6) is 0 Å². The Bertz CT molecular complexity index is 591. The van der Waals surface area contributed by atoms with Gasteiger partial charge in [0.2, 0.25) is 6.29 Å². The molecule has 1 aliphatic rings. The van der Waals surface area contributed by atoms with Crippen LogP contribution >= 0.6 is 0 Å². The molecule has 0 radical (unpaired) electrons. The predicted octanol–water partition coefficient (Wildman–Crippen LogP) is 4.99. The van der Waals surface area contributed by atoms with Crippen LogP contribution in [0.3, 0.4) is 0 Å². The minimum atomic E-state index is -0.766. The number of ketones is 1. The number of ether oxygens (including phenoxy) is 2. The Balaban J connectivity index is 1.78. The number of hydrogen-bond acceptors (Lipinski definition) is 3. The molecule has 2 aromatic rings. The lowest BCUT2D eigenvalue weighted by atomic mass is 9.99. The molecule has 3 rings (SSSR count). The summed E-state index contributed by atoms with van der Waals surface area (Å²) in [5, 5.41) is 0. The van der Waals surface area contributed by atoms with E-state index in [2.05, 4.69) is 6.92 Å². The Morgan fingerprint density at radius 2 is 1.33 bits per heavy atom. The SMILES string of the molecule is CCCCCC(=O)C1O[C@H](c2ccccc2)[C@@H](c2ccccc2)O1. The highest BCUT2D eigenvalue weighted by molar-refractivity contribution is 5.82. The maximum absolute atomic E-state index is 12.4. The van der Waals surface area contributed by atoms with Crippen LogP contribution in [0.15, 0.2) is 60.7 Å². The number of rotatable bonds is 7. The summed E-state index contributed by atoms with van der Waals surface area (Å²) < 4.78 is 12.1. The van der Waals surface area contributed by atoms with Crippen molar-refractivity contribution in [3.8, 4) is 0 Å². The highest BCUT2D eigenvalue weighted by Gasteiger charge is 2.40. The van der Waals surface area contributed by atoms with Crippen molar-refractivity contribution in [3.63, 3.8) is 0 Å². The normalized spacial score (nSPS) is 21.0. The smallest absolute Gasteiger partial charge is 0.219 e. The fourth-order valence-electron chi connectivity index (χ4n) is 3.05. The van der Waals surface area contributed by atoms with Gasteiger partial charge >= 0.3 is 0 Å². The van der Waals surface area contributed by atoms with Gasteiger partial charge < -0.3 is 9.47 Å². The molecule has 0 amide bonds. The maximum Gasteiger partial charge on any atom is 0.219 e. The molecule has 0 aliphatic carbocycles. The average molecular weight is 324 g/mol. The Labute approximate surface area is 143 Å². The van der Waals surface area contributed by atoms with Crippen molar-refractivity contribution < 1.29 is 14.3 Å². The van der Waals surface area contributed by atoms with Crippen molar-refractivity contribution in [1.29, 1.82) is 0 Å². The first kappa shape index (κ1) is 16.9. The van der Waals surface area contributed by atoms with Crippen LogP contribution in [0.2, 0.25) is 0 Å². The van der Waals surface area contributed by atoms with Crippen molar-refractivity contribution >= 4 is 5.78 Å². The van der Waals surface area contributed by atoms with E-state index < -0.39 is 6.29 Å². The van der Waals surface area contributed by atoms with E-state index in [1.807, 2.05) is 60.7 Å². The fourth-order valence-corrected chi connectivity index (χ4v) is 3.05. The summed E-state index contributed by atoms with van der Waals surface area (Å²) in [6, 6.07) is 20.0. The monoisotopic (exact) mass is 324 g/mol. The van der Waals surface area contributed by atoms with Crippen LogP contribution < -0.4 is 0 Å². The van der Waals surface area contributed by atoms with Crippen molar-refractivity contribution in [2.75, 3.05) is 0 Å². The average Bonchev–Trinajstić information content (AvgIpc) is 3.09. The quantitative estimate of drug-likeness (QED) is 0.673. The van der Waals surface area contributed by atoms with Gasteiger partial charge in [-0.15, -0.1) is 0 Å². The second-order valence-electron chi connectivity index (χ2n) is 6.19. The minimum absolute atomic E-state index is 0.0443. The van der Waals surface area contributed by atoms with E-state index >= 15 is 0 Å². The number of carbonyl (C=O) groups excluding carboxylic acids is 1. The first-order valence-electron chi connectivity index (χ1n) is 8.73. The Kier molecular flexibility index (Phi) is 5.78. The topological polar surface area (TPSA) is 35.5 Å². The molecule has 3 heteroatoms. The lowest BCUT2D eigenvalue weighted by Crippen LogP contribution is -2.21. The van der Waals surface area contributed by atoms with Gasteiger partial charge in [0.15, 0.2) is 5.78 Å². The largest absolute Gasteiger partial charge is 0.335 e. The summed E-state index contributed by atoms with van der Waals surface area (Å²) in [6.45, 7) is 2.13. The number of unbranched alkanes of at least 4 members (excludes halogenated alkanes) is 2. The van der Waals surface area contributed by atoms with E-state index in [1.165, 1.54) is 0 Å². The van der Waals surface area contributed by atoms with Crippen LogP contribution in [0.1, 0.15) is 55.9 Å². The Morgan fingerprint density at radius 3 is 1.79 bits per heavy atom. The van der Waals surface area contributed by atoms with Crippen molar-refractivity contribution in [2.45, 2.75) is 51.1 Å². The summed E-state index contributed by atoms with van der Waals surface area (Å²) in [5.41, 5.74) is 2.07. The fraction of sp³-hybridized carbons (Fsp3) is 0.381. The summed E-state index contributed by atoms with van der Waals surface area (Å²) in [5.74, 6) is 0.0443. The molecule has 0 spiro atoms. The van der Waals surface area contributed by atoms with Gasteiger partial charge in [-0.25, -0.2) is 0 Å². The molecule has 2 aromatic carbocycles. The van der Waals surface area contributed by atoms with Gasteiger partial charge in [0.25, 0.3) is 0 Å². The molecular weight excluding hydrogens is 300 g/mol. The van der Waals surface area contributed by atoms with Gasteiger partial charge in [-0.2, -0.15) is 0 Å². The molecule has 1 saturated heterocycles. The van der Waals surface area contributed by atoms with Crippen molar-refractivity contribution in [1.82, 2.24) is 0 Å². The molecule has 24 heavy (non-hydrogen) atoms. The zero-order chi connectivity index (χ0) is 16.8. The molecule has 2 atom stereocenters. The molecule has 1 fully saturated rings. The summed E-state index contributed by atoms with van der Waals surface area (Å²) in [6.07, 6.45) is 2.29. The molecule has 1 heterocycles. The Morgan fingerprint density at radius 1 is 0.833 bits per heavy atom. The second-order valence-corrected chi connectivity index (χ2v) is 6.19. The third-order valence-electron chi connectivity index (χ3n) is 4.36. The van der Waals surface area contributed by atoms with Crippen LogP contribution in [0, 0.1) is 0 Å². The zero-order valence-corrected chi connectivity index (χ0v) is 14.1. The first-order chi connectivity index (χ1) is 11.8. The molecule has 0 bridgehead atoms. The molecule has 126 valence electrons. The van der Waals surface area contributed by atoms with Crippen LogP contribution in [0.25, 0.3) is 0 Å². The van der Waals surface area contributed by atoms with Crippen LogP contribution in [0.4, 0.5) is 0 Å². The molecule has 0 N–H and O–H groups in total. The minimum Gasteiger partial charge on any atom is -0.335 e. The van der Waals surface area contributed by atoms with Gasteiger partial charge in [0.1, 0.15) is 12.2 Å². The molecule has 1 aliphatic heterocycles. The zero-order valence-electron chi connectivity index (χ0n) is 14.1. The van der Waals surface area contributed by atoms with Crippen LogP contribution in [-0.4, -0.2) is 12.1 Å². The van der Waals surface area contributed by atoms with Gasteiger partial charge in [-0.3, -0.25) is 4.79 Å². The number of Topliss-reactive ketones (excluding diaryl/α,β-unsaturated/α-hetero) is 1. The van der Waals surface area contributed by atoms with E-state index in [0.717, 1.165) is 30.4 Å². The lowest BCUT2D eigenvalue weighted by molar-refractivity contribution is -0.148.